The van der Waals surface area contributed by atoms with Crippen LogP contribution in [-0.4, -0.2) is 61.5 Å². The minimum Gasteiger partial charge on any atom is -0.478 e. The molecule has 2 unspecified atom stereocenters. The zero-order chi connectivity index (χ0) is 52.8. The van der Waals surface area contributed by atoms with Crippen molar-refractivity contribution in [2.75, 3.05) is 0 Å². The minimum atomic E-state index is -0.969. The number of benzene rings is 4. The van der Waals surface area contributed by atoms with Gasteiger partial charge in [-0.05, 0) is 132 Å². The van der Waals surface area contributed by atoms with Gasteiger partial charge in [-0.1, -0.05) is 101 Å². The summed E-state index contributed by atoms with van der Waals surface area (Å²) in [5.74, 6) is -1.17. The van der Waals surface area contributed by atoms with Crippen LogP contribution in [0.2, 0.25) is 20.1 Å². The zero-order valence-corrected chi connectivity index (χ0v) is 44.5. The number of carboxylic acid groups (broad SMARTS) is 1. The van der Waals surface area contributed by atoms with E-state index in [1.807, 2.05) is 114 Å². The number of nitrogens with two attached hydrogens (primary N) is 1. The molecule has 4 aliphatic heterocycles. The molecule has 0 spiro atoms. The first-order chi connectivity index (χ1) is 36.0. The molecule has 4 aliphatic rings. The van der Waals surface area contributed by atoms with E-state index in [9.17, 15) is 24.7 Å². The number of hydrogen-bond donors (Lipinski definition) is 5. The highest BCUT2D eigenvalue weighted by molar-refractivity contribution is 6.62. The number of pyridine rings is 2. The lowest BCUT2D eigenvalue weighted by Crippen LogP contribution is -2.29. The van der Waals surface area contributed by atoms with Crippen LogP contribution in [0.25, 0.3) is 11.0 Å². The summed E-state index contributed by atoms with van der Waals surface area (Å²) in [4.78, 5) is 36.2. The largest absolute Gasteiger partial charge is 0.491 e. The van der Waals surface area contributed by atoms with Gasteiger partial charge in [0.15, 0.2) is 11.2 Å². The standard InChI is InChI=1S/C27H22BCl2N3O4.C19H14Cl2N2O3.C8H10BNO2.CH4.ClH/c1-27(18-10-19(29)12-20(30)11-18)13-23(32-37-27)25-7-6-21(24-3-2-8-33(24)25)26(34)31-14-16-4-5-17-15-36-28(35)22(17)9-16;1-19(11-7-12(20)9-13(21)8-11)10-15(22-26-19)17-5-4-14(18(24)25)16-3-2-6-23(16)17;10-4-6-1-2-7-5-12-9(11)8(7)3-6;;/h2-12,35H,13-15H2,1H3,(H,31,34);2-9H,10H2,1H3,(H,24,25);1-3,11H,4-5,10H2;1H4;1H. The second kappa shape index (κ2) is 23.3. The number of aromatic nitrogens is 2. The first-order valence-electron chi connectivity index (χ1n) is 23.7. The average Bonchev–Trinajstić information content (AvgIpc) is 4.30. The maximum atomic E-state index is 13.1. The Labute approximate surface area is 470 Å². The maximum absolute atomic E-state index is 13.1. The Morgan fingerprint density at radius 2 is 1.09 bits per heavy atom. The number of aromatic carboxylic acids is 1. The van der Waals surface area contributed by atoms with Crippen LogP contribution in [0.1, 0.15) is 99.6 Å². The van der Waals surface area contributed by atoms with Crippen molar-refractivity contribution in [3.63, 3.8) is 0 Å². The fourth-order valence-corrected chi connectivity index (χ4v) is 10.6. The molecule has 4 aromatic heterocycles. The Hall–Kier alpha value is -6.34. The topological polar surface area (TPSA) is 203 Å². The van der Waals surface area contributed by atoms with Crippen molar-refractivity contribution in [2.45, 2.75) is 71.6 Å². The maximum Gasteiger partial charge on any atom is 0.491 e. The van der Waals surface area contributed by atoms with Gasteiger partial charge in [0.05, 0.1) is 46.8 Å². The van der Waals surface area contributed by atoms with Gasteiger partial charge in [-0.2, -0.15) is 0 Å². The fourth-order valence-electron chi connectivity index (χ4n) is 9.55. The molecule has 4 aromatic carbocycles. The number of nitrogens with zero attached hydrogens (tertiary/aromatic N) is 4. The van der Waals surface area contributed by atoms with Crippen molar-refractivity contribution in [2.24, 2.45) is 16.0 Å². The summed E-state index contributed by atoms with van der Waals surface area (Å²) in [7, 11) is -1.68. The minimum absolute atomic E-state index is 0. The molecule has 0 bridgehead atoms. The lowest BCUT2D eigenvalue weighted by Gasteiger charge is -2.22. The number of oxime groups is 2. The molecule has 8 aromatic rings. The molecule has 15 nitrogen and oxygen atoms in total. The number of nitrogens with one attached hydrogen (secondary N) is 1. The van der Waals surface area contributed by atoms with E-state index in [0.717, 1.165) is 72.6 Å². The van der Waals surface area contributed by atoms with Crippen LogP contribution in [0.4, 0.5) is 0 Å². The molecule has 396 valence electrons. The monoisotopic (exact) mass is 1140 g/mol. The summed E-state index contributed by atoms with van der Waals surface area (Å²) in [6.07, 6.45) is 4.73. The van der Waals surface area contributed by atoms with Gasteiger partial charge in [0.1, 0.15) is 11.4 Å². The first kappa shape index (κ1) is 56.9. The third-order valence-electron chi connectivity index (χ3n) is 13.6. The van der Waals surface area contributed by atoms with Gasteiger partial charge in [0, 0.05) is 69.5 Å². The molecule has 8 heterocycles. The van der Waals surface area contributed by atoms with Crippen molar-refractivity contribution in [3.8, 4) is 0 Å². The fraction of sp³-hybridized carbons (Fsp3) is 0.200. The Bertz CT molecular complexity index is 3590. The third kappa shape index (κ3) is 11.8. The molecule has 0 fully saturated rings. The SMILES string of the molecule is C.CC1(c2cc(Cl)cc(Cl)c2)CC(c2ccc(C(=O)NCc3ccc4c(c3)B(O)OC4)c3cccn23)=NO1.CC1(c2cc(Cl)cc(Cl)c2)CC(c2ccc(C(=O)O)c3cccn23)=NO1.Cl.NCc1ccc2c(c1)B(O)OC2. The second-order valence-electron chi connectivity index (χ2n) is 18.8. The number of carbonyl (C=O) groups is 2. The Kier molecular flexibility index (Phi) is 17.2. The summed E-state index contributed by atoms with van der Waals surface area (Å²) in [6.45, 7) is 5.59. The highest BCUT2D eigenvalue weighted by atomic mass is 35.5. The van der Waals surface area contributed by atoms with E-state index < -0.39 is 31.4 Å². The number of hydrogen-bond acceptors (Lipinski definition) is 11. The molecule has 0 saturated carbocycles. The number of fused-ring (bicyclic) bond motifs is 4. The van der Waals surface area contributed by atoms with E-state index in [-0.39, 0.29) is 31.3 Å². The van der Waals surface area contributed by atoms with E-state index in [1.54, 1.807) is 42.5 Å². The van der Waals surface area contributed by atoms with Crippen molar-refractivity contribution >= 4 is 118 Å². The summed E-state index contributed by atoms with van der Waals surface area (Å²) in [6, 6.07) is 36.5. The van der Waals surface area contributed by atoms with Crippen molar-refractivity contribution in [3.05, 3.63) is 210 Å². The van der Waals surface area contributed by atoms with Crippen LogP contribution < -0.4 is 22.0 Å². The smallest absolute Gasteiger partial charge is 0.478 e. The van der Waals surface area contributed by atoms with Crippen molar-refractivity contribution < 1.29 is 43.7 Å². The molecular formula is C55H51B2Cl5N6O9. The van der Waals surface area contributed by atoms with E-state index in [4.69, 9.17) is 71.1 Å². The molecule has 77 heavy (non-hydrogen) atoms. The Morgan fingerprint density at radius 3 is 1.56 bits per heavy atom. The predicted octanol–water partition coefficient (Wildman–Crippen LogP) is 9.84. The van der Waals surface area contributed by atoms with Gasteiger partial charge >= 0.3 is 20.2 Å². The van der Waals surface area contributed by atoms with Crippen LogP contribution in [0.3, 0.4) is 0 Å². The van der Waals surface area contributed by atoms with Gasteiger partial charge in [-0.25, -0.2) is 4.79 Å². The molecule has 2 atom stereocenters. The lowest BCUT2D eigenvalue weighted by atomic mass is 9.79. The van der Waals surface area contributed by atoms with E-state index >= 15 is 0 Å². The van der Waals surface area contributed by atoms with Gasteiger partial charge in [-0.15, -0.1) is 12.4 Å². The van der Waals surface area contributed by atoms with Crippen LogP contribution in [0.5, 0.6) is 0 Å². The van der Waals surface area contributed by atoms with E-state index in [1.165, 1.54) is 0 Å². The molecule has 0 aliphatic carbocycles. The summed E-state index contributed by atoms with van der Waals surface area (Å²) < 4.78 is 14.0. The zero-order valence-electron chi connectivity index (χ0n) is 40.7. The van der Waals surface area contributed by atoms with Crippen LogP contribution in [0, 0.1) is 0 Å². The summed E-state index contributed by atoms with van der Waals surface area (Å²) in [5.41, 5.74) is 16.5. The normalized spacial score (nSPS) is 17.8. The van der Waals surface area contributed by atoms with Crippen molar-refractivity contribution in [1.29, 1.82) is 0 Å². The third-order valence-corrected chi connectivity index (χ3v) is 14.4. The van der Waals surface area contributed by atoms with E-state index in [0.29, 0.717) is 70.3 Å². The number of carboxylic acids is 1. The van der Waals surface area contributed by atoms with Crippen LogP contribution in [0.15, 0.2) is 144 Å². The predicted molar refractivity (Wildman–Crippen MR) is 305 cm³/mol. The van der Waals surface area contributed by atoms with Gasteiger partial charge in [-0.3, -0.25) is 4.79 Å². The first-order valence-corrected chi connectivity index (χ1v) is 25.2. The summed E-state index contributed by atoms with van der Waals surface area (Å²) in [5, 5.41) is 42.4. The summed E-state index contributed by atoms with van der Waals surface area (Å²) >= 11 is 24.7. The number of halogens is 5. The molecule has 12 rings (SSSR count). The van der Waals surface area contributed by atoms with E-state index in [2.05, 4.69) is 15.6 Å². The molecular weight excluding hydrogens is 1090 g/mol. The Morgan fingerprint density at radius 1 is 0.649 bits per heavy atom. The molecule has 1 amide bonds. The second-order valence-corrected chi connectivity index (χ2v) is 20.5. The van der Waals surface area contributed by atoms with Crippen molar-refractivity contribution in [1.82, 2.24) is 14.1 Å². The number of carbonyl (C=O) groups excluding carboxylic acids is 1. The number of rotatable bonds is 9. The van der Waals surface area contributed by atoms with Gasteiger partial charge in [0.25, 0.3) is 5.91 Å². The van der Waals surface area contributed by atoms with Gasteiger partial charge < -0.3 is 54.0 Å². The molecule has 0 radical (unpaired) electrons. The molecule has 22 heteroatoms. The average molecular weight is 1140 g/mol. The van der Waals surface area contributed by atoms with Gasteiger partial charge in [0.2, 0.25) is 0 Å². The lowest BCUT2D eigenvalue weighted by molar-refractivity contribution is -0.00755. The quantitative estimate of drug-likeness (QED) is 0.0866. The Balaban J connectivity index is 0.000000170. The highest BCUT2D eigenvalue weighted by Gasteiger charge is 2.39. The molecule has 6 N–H and O–H groups in total. The molecule has 0 saturated heterocycles. The highest BCUT2D eigenvalue weighted by Crippen LogP contribution is 2.40. The van der Waals surface area contributed by atoms with Crippen LogP contribution >= 0.6 is 58.8 Å². The van der Waals surface area contributed by atoms with Crippen LogP contribution in [-0.2, 0) is 56.5 Å². The number of amides is 1.